The van der Waals surface area contributed by atoms with E-state index in [2.05, 4.69) is 10.6 Å². The van der Waals surface area contributed by atoms with Crippen LogP contribution >= 0.6 is 12.2 Å². The smallest absolute Gasteiger partial charge is 0.242 e. The Labute approximate surface area is 112 Å². The monoisotopic (exact) mass is 266 g/mol. The quantitative estimate of drug-likeness (QED) is 0.462. The molecule has 1 atom stereocenters. The molecule has 1 aliphatic carbocycles. The first-order valence-corrected chi connectivity index (χ1v) is 6.71. The normalized spacial score (nSPS) is 26.4. The molecule has 0 aromatic rings. The van der Waals surface area contributed by atoms with Gasteiger partial charge in [-0.1, -0.05) is 26.0 Å². The van der Waals surface area contributed by atoms with E-state index in [9.17, 15) is 9.59 Å². The van der Waals surface area contributed by atoms with Crippen LogP contribution in [-0.4, -0.2) is 16.9 Å². The lowest BCUT2D eigenvalue weighted by atomic mass is 9.67. The second-order valence-electron chi connectivity index (χ2n) is 5.42. The van der Waals surface area contributed by atoms with Gasteiger partial charge in [-0.15, -0.1) is 0 Å². The Balaban J connectivity index is 2.39. The molecule has 18 heavy (non-hydrogen) atoms. The summed E-state index contributed by atoms with van der Waals surface area (Å²) in [6.45, 7) is 4.04. The van der Waals surface area contributed by atoms with Crippen LogP contribution in [0.25, 0.3) is 0 Å². The Bertz CT molecular complexity index is 409. The summed E-state index contributed by atoms with van der Waals surface area (Å²) in [5.74, 6) is -0.256. The average Bonchev–Trinajstić information content (AvgIpc) is 2.76. The van der Waals surface area contributed by atoms with Crippen molar-refractivity contribution in [3.8, 4) is 0 Å². The molecule has 0 bridgehead atoms. The molecule has 1 saturated heterocycles. The Morgan fingerprint density at radius 2 is 2.00 bits per heavy atom. The van der Waals surface area contributed by atoms with Crippen molar-refractivity contribution in [1.29, 1.82) is 0 Å². The molecular formula is C13H18N2O2S. The third-order valence-corrected chi connectivity index (χ3v) is 3.84. The van der Waals surface area contributed by atoms with Crippen molar-refractivity contribution in [2.24, 2.45) is 17.3 Å². The van der Waals surface area contributed by atoms with Gasteiger partial charge >= 0.3 is 0 Å². The molecule has 1 heterocycles. The molecule has 1 fully saturated rings. The maximum Gasteiger partial charge on any atom is 0.242 e. The molecule has 98 valence electrons. The molecular weight excluding hydrogens is 248 g/mol. The van der Waals surface area contributed by atoms with Gasteiger partial charge in [-0.2, -0.15) is 0 Å². The van der Waals surface area contributed by atoms with Gasteiger partial charge in [0.2, 0.25) is 11.8 Å². The van der Waals surface area contributed by atoms with Crippen molar-refractivity contribution < 1.29 is 9.59 Å². The van der Waals surface area contributed by atoms with Crippen LogP contribution in [-0.2, 0) is 9.59 Å². The SMILES string of the molecule is CC(C)CC1(C2C=CCC2)C(=O)NC(=S)NC1=O. The van der Waals surface area contributed by atoms with Crippen molar-refractivity contribution in [3.05, 3.63) is 12.2 Å². The van der Waals surface area contributed by atoms with Crippen molar-refractivity contribution in [3.63, 3.8) is 0 Å². The molecule has 2 rings (SSSR count). The van der Waals surface area contributed by atoms with Gasteiger partial charge in [-0.3, -0.25) is 9.59 Å². The van der Waals surface area contributed by atoms with Gasteiger partial charge in [0.05, 0.1) is 0 Å². The first-order chi connectivity index (χ1) is 8.46. The maximum absolute atomic E-state index is 12.4. The third-order valence-electron chi connectivity index (χ3n) is 3.64. The topological polar surface area (TPSA) is 58.2 Å². The predicted octanol–water partition coefficient (Wildman–Crippen LogP) is 1.52. The highest BCUT2D eigenvalue weighted by atomic mass is 32.1. The van der Waals surface area contributed by atoms with Gasteiger partial charge in [-0.05, 0) is 37.4 Å². The van der Waals surface area contributed by atoms with Gasteiger partial charge in [0.15, 0.2) is 5.11 Å². The highest BCUT2D eigenvalue weighted by Gasteiger charge is 2.54. The molecule has 5 heteroatoms. The average molecular weight is 266 g/mol. The molecule has 0 saturated carbocycles. The number of thiocarbonyl (C=S) groups is 1. The fourth-order valence-corrected chi connectivity index (χ4v) is 3.11. The van der Waals surface area contributed by atoms with Gasteiger partial charge in [0.25, 0.3) is 0 Å². The van der Waals surface area contributed by atoms with E-state index in [1.807, 2.05) is 26.0 Å². The number of carbonyl (C=O) groups is 2. The van der Waals surface area contributed by atoms with E-state index in [4.69, 9.17) is 12.2 Å². The number of carbonyl (C=O) groups excluding carboxylic acids is 2. The number of hydrogen-bond donors (Lipinski definition) is 2. The van der Waals surface area contributed by atoms with E-state index in [1.54, 1.807) is 0 Å². The largest absolute Gasteiger partial charge is 0.302 e. The molecule has 2 N–H and O–H groups in total. The van der Waals surface area contributed by atoms with Gasteiger partial charge in [0.1, 0.15) is 5.41 Å². The van der Waals surface area contributed by atoms with Crippen molar-refractivity contribution in [2.45, 2.75) is 33.1 Å². The number of rotatable bonds is 3. The molecule has 1 aliphatic heterocycles. The number of hydrogen-bond acceptors (Lipinski definition) is 3. The molecule has 1 unspecified atom stereocenters. The van der Waals surface area contributed by atoms with Crippen LogP contribution in [0, 0.1) is 17.3 Å². The van der Waals surface area contributed by atoms with Crippen LogP contribution in [0.15, 0.2) is 12.2 Å². The fraction of sp³-hybridized carbons (Fsp3) is 0.615. The second kappa shape index (κ2) is 4.80. The van der Waals surface area contributed by atoms with Crippen molar-refractivity contribution in [2.75, 3.05) is 0 Å². The summed E-state index contributed by atoms with van der Waals surface area (Å²) in [6.07, 6.45) is 6.36. The summed E-state index contributed by atoms with van der Waals surface area (Å²) in [6, 6.07) is 0. The van der Waals surface area contributed by atoms with E-state index >= 15 is 0 Å². The number of allylic oxidation sites excluding steroid dienone is 2. The number of amides is 2. The van der Waals surface area contributed by atoms with E-state index in [-0.39, 0.29) is 28.8 Å². The molecule has 0 aromatic heterocycles. The van der Waals surface area contributed by atoms with Crippen LogP contribution < -0.4 is 10.6 Å². The van der Waals surface area contributed by atoms with Gasteiger partial charge in [-0.25, -0.2) is 0 Å². The van der Waals surface area contributed by atoms with E-state index in [1.165, 1.54) is 0 Å². The Kier molecular flexibility index (Phi) is 3.52. The van der Waals surface area contributed by atoms with Gasteiger partial charge < -0.3 is 10.6 Å². The summed E-state index contributed by atoms with van der Waals surface area (Å²) in [5, 5.41) is 5.34. The highest BCUT2D eigenvalue weighted by Crippen LogP contribution is 2.42. The zero-order chi connectivity index (χ0) is 13.3. The van der Waals surface area contributed by atoms with Crippen LogP contribution in [0.2, 0.25) is 0 Å². The van der Waals surface area contributed by atoms with Crippen LogP contribution in [0.5, 0.6) is 0 Å². The lowest BCUT2D eigenvalue weighted by Crippen LogP contribution is -2.64. The van der Waals surface area contributed by atoms with Gasteiger partial charge in [0, 0.05) is 5.92 Å². The van der Waals surface area contributed by atoms with Crippen molar-refractivity contribution in [1.82, 2.24) is 10.6 Å². The minimum Gasteiger partial charge on any atom is -0.302 e. The lowest BCUT2D eigenvalue weighted by Gasteiger charge is -2.39. The zero-order valence-corrected chi connectivity index (χ0v) is 11.5. The third kappa shape index (κ3) is 2.07. The molecule has 0 aromatic carbocycles. The minimum absolute atomic E-state index is 0.0250. The summed E-state index contributed by atoms with van der Waals surface area (Å²) < 4.78 is 0. The van der Waals surface area contributed by atoms with Crippen molar-refractivity contribution >= 4 is 29.1 Å². The Hall–Kier alpha value is -1.23. The van der Waals surface area contributed by atoms with Crippen LogP contribution in [0.1, 0.15) is 33.1 Å². The molecule has 2 aliphatic rings. The Morgan fingerprint density at radius 3 is 2.44 bits per heavy atom. The summed E-state index contributed by atoms with van der Waals surface area (Å²) in [7, 11) is 0. The summed E-state index contributed by atoms with van der Waals surface area (Å²) in [4.78, 5) is 24.7. The lowest BCUT2D eigenvalue weighted by molar-refractivity contribution is -0.147. The van der Waals surface area contributed by atoms with E-state index < -0.39 is 5.41 Å². The van der Waals surface area contributed by atoms with E-state index in [0.29, 0.717) is 6.42 Å². The van der Waals surface area contributed by atoms with Crippen LogP contribution in [0.3, 0.4) is 0 Å². The maximum atomic E-state index is 12.4. The minimum atomic E-state index is -0.997. The standard InChI is InChI=1S/C13H18N2O2S/c1-8(2)7-13(9-5-3-4-6-9)10(16)14-12(18)15-11(13)17/h3,5,8-9H,4,6-7H2,1-2H3,(H2,14,15,16,17,18). The molecule has 0 radical (unpaired) electrons. The molecule has 2 amide bonds. The summed E-state index contributed by atoms with van der Waals surface area (Å²) >= 11 is 4.87. The summed E-state index contributed by atoms with van der Waals surface area (Å²) in [5.41, 5.74) is -0.997. The van der Waals surface area contributed by atoms with E-state index in [0.717, 1.165) is 12.8 Å². The zero-order valence-electron chi connectivity index (χ0n) is 10.7. The molecule has 4 nitrogen and oxygen atoms in total. The Morgan fingerprint density at radius 1 is 1.39 bits per heavy atom. The second-order valence-corrected chi connectivity index (χ2v) is 5.83. The highest BCUT2D eigenvalue weighted by molar-refractivity contribution is 7.80. The predicted molar refractivity (Wildman–Crippen MR) is 72.6 cm³/mol. The molecule has 0 spiro atoms. The first-order valence-electron chi connectivity index (χ1n) is 6.30. The number of nitrogens with one attached hydrogen (secondary N) is 2. The fourth-order valence-electron chi connectivity index (χ4n) is 2.92. The van der Waals surface area contributed by atoms with Crippen LogP contribution in [0.4, 0.5) is 0 Å². The first kappa shape index (κ1) is 13.2.